The van der Waals surface area contributed by atoms with Crippen molar-refractivity contribution in [3.63, 3.8) is 0 Å². The highest BCUT2D eigenvalue weighted by molar-refractivity contribution is 5.92. The van der Waals surface area contributed by atoms with Crippen molar-refractivity contribution in [2.45, 2.75) is 115 Å². The molecule has 6 rings (SSSR count). The molecule has 10 nitrogen and oxygen atoms in total. The Morgan fingerprint density at radius 1 is 1.07 bits per heavy atom. The fraction of sp³-hybridized carbons (Fsp3) is 0.676. The van der Waals surface area contributed by atoms with Crippen LogP contribution >= 0.6 is 0 Å². The number of aromatic nitrogens is 2. The zero-order chi connectivity index (χ0) is 32.8. The van der Waals surface area contributed by atoms with Gasteiger partial charge >= 0.3 is 6.09 Å². The first kappa shape index (κ1) is 32.4. The Morgan fingerprint density at radius 2 is 1.80 bits per heavy atom. The first-order valence-corrected chi connectivity index (χ1v) is 16.6. The number of fused-ring (bicyclic) bond motifs is 5. The maximum Gasteiger partial charge on any atom is 0.408 e. The number of ether oxygens (including phenoxy) is 3. The van der Waals surface area contributed by atoms with Gasteiger partial charge in [-0.15, -0.1) is 0 Å². The van der Waals surface area contributed by atoms with Gasteiger partial charge in [-0.2, -0.15) is 8.78 Å². The second-order valence-corrected chi connectivity index (χ2v) is 13.9. The third-order valence-electron chi connectivity index (χ3n) is 10.6. The zero-order valence-electron chi connectivity index (χ0n) is 27.0. The molecular weight excluding hydrogens is 598 g/mol. The van der Waals surface area contributed by atoms with E-state index in [9.17, 15) is 14.4 Å². The summed E-state index contributed by atoms with van der Waals surface area (Å²) in [6.45, 7) is 5.00. The number of hydrogen-bond donors (Lipinski definition) is 1. The van der Waals surface area contributed by atoms with E-state index in [0.717, 1.165) is 32.1 Å². The van der Waals surface area contributed by atoms with E-state index in [0.29, 0.717) is 30.5 Å². The first-order valence-electron chi connectivity index (χ1n) is 16.6. The monoisotopic (exact) mass is 642 g/mol. The number of amides is 2. The van der Waals surface area contributed by atoms with Crippen LogP contribution in [-0.4, -0.2) is 70.1 Å². The lowest BCUT2D eigenvalue weighted by atomic mass is 9.83. The smallest absolute Gasteiger partial charge is 0.408 e. The quantitative estimate of drug-likeness (QED) is 0.437. The van der Waals surface area contributed by atoms with Crippen molar-refractivity contribution in [2.75, 3.05) is 13.7 Å². The Balaban J connectivity index is 1.40. The van der Waals surface area contributed by atoms with Crippen LogP contribution < -0.4 is 14.8 Å². The number of carbonyl (C=O) groups is 3. The lowest BCUT2D eigenvalue weighted by Crippen LogP contribution is -2.55. The lowest BCUT2D eigenvalue weighted by Gasteiger charge is -2.34. The number of methoxy groups -OCH3 is 1. The van der Waals surface area contributed by atoms with Crippen LogP contribution in [0, 0.1) is 17.8 Å². The summed E-state index contributed by atoms with van der Waals surface area (Å²) in [6, 6.07) is 3.08. The minimum Gasteiger partial charge on any atom is -0.497 e. The molecule has 2 aliphatic carbocycles. The first-order chi connectivity index (χ1) is 21.9. The maximum absolute atomic E-state index is 16.0. The number of benzene rings is 1. The second-order valence-electron chi connectivity index (χ2n) is 13.9. The molecule has 1 saturated heterocycles. The molecule has 2 aromatic rings. The number of Topliss-reactive ketones (excluding diaryl/α,β-unsaturated/α-hetero) is 1. The second kappa shape index (κ2) is 12.6. The summed E-state index contributed by atoms with van der Waals surface area (Å²) in [7, 11) is 1.50. The molecule has 6 atom stereocenters. The van der Waals surface area contributed by atoms with E-state index in [1.54, 1.807) is 25.1 Å². The fourth-order valence-electron chi connectivity index (χ4n) is 7.75. The summed E-state index contributed by atoms with van der Waals surface area (Å²) in [6.07, 6.45) is 4.52. The molecule has 46 heavy (non-hydrogen) atoms. The predicted octanol–water partition coefficient (Wildman–Crippen LogP) is 5.94. The largest absolute Gasteiger partial charge is 0.497 e. The molecule has 0 spiro atoms. The molecule has 250 valence electrons. The summed E-state index contributed by atoms with van der Waals surface area (Å²) in [4.78, 5) is 51.0. The molecule has 1 aromatic carbocycles. The maximum atomic E-state index is 16.0. The van der Waals surface area contributed by atoms with E-state index in [1.165, 1.54) is 18.9 Å². The van der Waals surface area contributed by atoms with Gasteiger partial charge in [-0.3, -0.25) is 9.59 Å². The highest BCUT2D eigenvalue weighted by Crippen LogP contribution is 2.50. The Bertz CT molecular complexity index is 1500. The molecule has 1 N–H and O–H groups in total. The molecular formula is C34H44F2N4O6. The van der Waals surface area contributed by atoms with E-state index >= 15 is 8.78 Å². The average Bonchev–Trinajstić information content (AvgIpc) is 3.54. The van der Waals surface area contributed by atoms with E-state index < -0.39 is 53.8 Å². The average molecular weight is 643 g/mol. The van der Waals surface area contributed by atoms with E-state index in [2.05, 4.69) is 15.3 Å². The van der Waals surface area contributed by atoms with Crippen LogP contribution in [0.25, 0.3) is 11.0 Å². The van der Waals surface area contributed by atoms with E-state index in [4.69, 9.17) is 14.2 Å². The number of alkyl carbamates (subject to hydrolysis) is 1. The standard InChI is InChI=1S/C34H44F2N4O6/c1-19-26-18-40(28(19)20(2)41)31(42)27(21-10-6-5-7-11-21)39-32(43)46-33(3)17-22(33)12-8-9-15-34(35,36)29-30(45-26)38-25-16-23(44-4)13-14-24(25)37-29/h13-14,16,19,21-22,26-28H,5-12,15,17-18H2,1-4H3,(H,39,43)/t19-,22-,26+,27+,28+,33-/m1/s1. The van der Waals surface area contributed by atoms with Crippen molar-refractivity contribution in [2.24, 2.45) is 17.8 Å². The van der Waals surface area contributed by atoms with Gasteiger partial charge in [0.05, 0.1) is 30.7 Å². The van der Waals surface area contributed by atoms with E-state index in [1.807, 2.05) is 6.92 Å². The molecule has 4 aliphatic rings. The number of carbonyl (C=O) groups excluding carboxylic acids is 3. The van der Waals surface area contributed by atoms with Crippen molar-refractivity contribution in [1.29, 1.82) is 0 Å². The van der Waals surface area contributed by atoms with Gasteiger partial charge in [0.1, 0.15) is 23.5 Å². The highest BCUT2D eigenvalue weighted by Gasteiger charge is 2.54. The normalized spacial score (nSPS) is 32.2. The van der Waals surface area contributed by atoms with Gasteiger partial charge in [0, 0.05) is 24.3 Å². The van der Waals surface area contributed by atoms with E-state index in [-0.39, 0.29) is 47.9 Å². The Kier molecular flexibility index (Phi) is 8.84. The number of nitrogens with zero attached hydrogens (tertiary/aromatic N) is 3. The number of halogens is 2. The zero-order valence-corrected chi connectivity index (χ0v) is 27.0. The van der Waals surface area contributed by atoms with Crippen molar-refractivity contribution < 1.29 is 37.4 Å². The van der Waals surface area contributed by atoms with Gasteiger partial charge in [0.25, 0.3) is 5.92 Å². The van der Waals surface area contributed by atoms with Gasteiger partial charge in [-0.1, -0.05) is 32.6 Å². The Hall–Kier alpha value is -3.57. The lowest BCUT2D eigenvalue weighted by molar-refractivity contribution is -0.140. The summed E-state index contributed by atoms with van der Waals surface area (Å²) < 4.78 is 49.4. The van der Waals surface area contributed by atoms with Crippen molar-refractivity contribution >= 4 is 28.8 Å². The number of hydrogen-bond acceptors (Lipinski definition) is 8. The summed E-state index contributed by atoms with van der Waals surface area (Å²) in [5.74, 6) is -4.43. The molecule has 1 aromatic heterocycles. The number of alkyl halides is 2. The SMILES string of the molecule is COc1ccc2nc3c(nc2c1)O[C@H]1CN(C(=O)[C@H](C2CCCCC2)NC(=O)O[C@]2(C)C[C@H]2CCCCC3(F)F)[C@H](C(C)=O)[C@@H]1C. The molecule has 3 fully saturated rings. The molecule has 2 saturated carbocycles. The van der Waals surface area contributed by atoms with Crippen LogP contribution in [0.1, 0.15) is 90.7 Å². The molecule has 12 heteroatoms. The highest BCUT2D eigenvalue weighted by atomic mass is 19.3. The van der Waals surface area contributed by atoms with Crippen molar-refractivity contribution in [3.05, 3.63) is 23.9 Å². The Labute approximate surface area is 267 Å². The predicted molar refractivity (Wildman–Crippen MR) is 165 cm³/mol. The van der Waals surface area contributed by atoms with Crippen LogP contribution in [0.2, 0.25) is 0 Å². The molecule has 2 amide bonds. The number of ketones is 1. The van der Waals surface area contributed by atoms with Gasteiger partial charge < -0.3 is 24.4 Å². The van der Waals surface area contributed by atoms with Gasteiger partial charge in [0.2, 0.25) is 11.8 Å². The topological polar surface area (TPSA) is 120 Å². The molecule has 3 heterocycles. The number of nitrogens with one attached hydrogen (secondary N) is 1. The minimum absolute atomic E-state index is 0.0349. The minimum atomic E-state index is -3.35. The van der Waals surface area contributed by atoms with Crippen molar-refractivity contribution in [3.8, 4) is 11.6 Å². The van der Waals surface area contributed by atoms with Gasteiger partial charge in [0.15, 0.2) is 11.5 Å². The van der Waals surface area contributed by atoms with Crippen molar-refractivity contribution in [1.82, 2.24) is 20.2 Å². The summed E-state index contributed by atoms with van der Waals surface area (Å²) in [5, 5.41) is 2.90. The van der Waals surface area contributed by atoms with Gasteiger partial charge in [-0.05, 0) is 64.0 Å². The van der Waals surface area contributed by atoms with Gasteiger partial charge in [-0.25, -0.2) is 14.8 Å². The summed E-state index contributed by atoms with van der Waals surface area (Å²) >= 11 is 0. The van der Waals surface area contributed by atoms with Crippen LogP contribution in [-0.2, 0) is 20.2 Å². The third-order valence-corrected chi connectivity index (χ3v) is 10.6. The van der Waals surface area contributed by atoms with Crippen LogP contribution in [0.15, 0.2) is 18.2 Å². The summed E-state index contributed by atoms with van der Waals surface area (Å²) in [5.41, 5.74) is -0.667. The van der Waals surface area contributed by atoms with Crippen LogP contribution in [0.4, 0.5) is 13.6 Å². The third kappa shape index (κ3) is 6.36. The fourth-order valence-corrected chi connectivity index (χ4v) is 7.75. The molecule has 2 bridgehead atoms. The van der Waals surface area contributed by atoms with Crippen LogP contribution in [0.5, 0.6) is 11.6 Å². The van der Waals surface area contributed by atoms with Crippen LogP contribution in [0.3, 0.4) is 0 Å². The molecule has 0 unspecified atom stereocenters. The molecule has 0 radical (unpaired) electrons. The Morgan fingerprint density at radius 3 is 2.52 bits per heavy atom. The number of rotatable bonds is 3. The molecule has 2 aliphatic heterocycles.